The molecule has 0 N–H and O–H groups in total. The van der Waals surface area contributed by atoms with Gasteiger partial charge in [0.05, 0.1) is 0 Å². The standard InChI is InChI=1S/C67H58N4/c1-2-6-24-56(23-5-1)69(65-32-29-50-17-11-14-20-53(50)47-65)62-41-35-59(36-42-62)68(60-37-43-63(44-38-60)70(57-25-7-3-8-26-57)66-33-30-51-18-12-15-21-54(51)48-66)61-39-45-64(46-40-61)71(58-27-9-4-10-28-58)67-34-31-52-19-13-16-22-55(52)49-67/h3-4,7-22,25-30,32-49,52,56H,1-2,5-6,23-24,31H2. The molecule has 1 unspecified atom stereocenters. The fourth-order valence-corrected chi connectivity index (χ4v) is 11.1. The van der Waals surface area contributed by atoms with Crippen LogP contribution < -0.4 is 19.6 Å². The van der Waals surface area contributed by atoms with E-state index < -0.39 is 0 Å². The summed E-state index contributed by atoms with van der Waals surface area (Å²) in [7, 11) is 0. The largest absolute Gasteiger partial charge is 0.338 e. The van der Waals surface area contributed by atoms with Gasteiger partial charge in [0.15, 0.2) is 0 Å². The van der Waals surface area contributed by atoms with Crippen molar-refractivity contribution in [2.75, 3.05) is 19.6 Å². The number of rotatable bonds is 12. The van der Waals surface area contributed by atoms with E-state index in [2.05, 4.69) is 274 Å². The van der Waals surface area contributed by atoms with Crippen LogP contribution >= 0.6 is 0 Å². The van der Waals surface area contributed by atoms with Gasteiger partial charge >= 0.3 is 0 Å². The zero-order valence-corrected chi connectivity index (χ0v) is 40.1. The Balaban J connectivity index is 0.945. The second-order valence-electron chi connectivity index (χ2n) is 19.2. The fraction of sp³-hybridized carbons (Fsp3) is 0.134. The summed E-state index contributed by atoms with van der Waals surface area (Å²) >= 11 is 0. The van der Waals surface area contributed by atoms with E-state index in [4.69, 9.17) is 0 Å². The number of allylic oxidation sites excluding steroid dienone is 7. The first-order valence-electron chi connectivity index (χ1n) is 25.5. The normalized spacial score (nSPS) is 15.6. The summed E-state index contributed by atoms with van der Waals surface area (Å²) in [6.07, 6.45) is 22.2. The van der Waals surface area contributed by atoms with Gasteiger partial charge in [0.2, 0.25) is 0 Å². The summed E-state index contributed by atoms with van der Waals surface area (Å²) in [6, 6.07) is 80.6. The minimum Gasteiger partial charge on any atom is -0.338 e. The lowest BCUT2D eigenvalue weighted by atomic mass is 9.87. The van der Waals surface area contributed by atoms with Crippen molar-refractivity contribution in [1.29, 1.82) is 0 Å². The Bertz CT molecular complexity index is 3400. The van der Waals surface area contributed by atoms with E-state index in [1.807, 2.05) is 0 Å². The molecule has 3 aliphatic carbocycles. The first-order valence-corrected chi connectivity index (χ1v) is 25.5. The highest BCUT2D eigenvalue weighted by Crippen LogP contribution is 2.44. The fourth-order valence-electron chi connectivity index (χ4n) is 11.1. The minimum absolute atomic E-state index is 0.425. The molecule has 0 aliphatic heterocycles. The summed E-state index contributed by atoms with van der Waals surface area (Å²) in [6.45, 7) is 0. The third-order valence-electron chi connectivity index (χ3n) is 14.7. The summed E-state index contributed by atoms with van der Waals surface area (Å²) in [4.78, 5) is 9.79. The van der Waals surface area contributed by atoms with Gasteiger partial charge in [-0.3, -0.25) is 0 Å². The van der Waals surface area contributed by atoms with E-state index in [1.165, 1.54) is 82.7 Å². The Morgan fingerprint density at radius 3 is 1.32 bits per heavy atom. The Kier molecular flexibility index (Phi) is 12.3. The number of para-hydroxylation sites is 2. The van der Waals surface area contributed by atoms with Crippen molar-refractivity contribution in [2.45, 2.75) is 51.0 Å². The maximum absolute atomic E-state index is 2.63. The van der Waals surface area contributed by atoms with E-state index in [1.54, 1.807) is 0 Å². The van der Waals surface area contributed by atoms with E-state index in [0.29, 0.717) is 12.0 Å². The number of hydrogen-bond acceptors (Lipinski definition) is 4. The third kappa shape index (κ3) is 9.18. The van der Waals surface area contributed by atoms with Crippen LogP contribution in [0.3, 0.4) is 0 Å². The van der Waals surface area contributed by atoms with Gasteiger partial charge in [0.1, 0.15) is 0 Å². The molecule has 4 nitrogen and oxygen atoms in total. The van der Waals surface area contributed by atoms with Gasteiger partial charge in [-0.15, -0.1) is 0 Å². The van der Waals surface area contributed by atoms with Crippen LogP contribution in [0.4, 0.5) is 56.9 Å². The zero-order valence-electron chi connectivity index (χ0n) is 40.1. The first-order chi connectivity index (χ1) is 35.2. The minimum atomic E-state index is 0.425. The smallest absolute Gasteiger partial charge is 0.0468 e. The predicted molar refractivity (Wildman–Crippen MR) is 302 cm³/mol. The van der Waals surface area contributed by atoms with Gasteiger partial charge in [-0.2, -0.15) is 0 Å². The van der Waals surface area contributed by atoms with Crippen LogP contribution in [0.2, 0.25) is 0 Å². The van der Waals surface area contributed by atoms with Crippen LogP contribution in [0.1, 0.15) is 44.9 Å². The molecule has 9 aromatic rings. The van der Waals surface area contributed by atoms with Crippen molar-refractivity contribution in [3.05, 3.63) is 266 Å². The molecule has 0 aromatic heterocycles. The summed E-state index contributed by atoms with van der Waals surface area (Å²) < 4.78 is 0. The van der Waals surface area contributed by atoms with E-state index >= 15 is 0 Å². The Morgan fingerprint density at radius 2 is 0.761 bits per heavy atom. The molecule has 71 heavy (non-hydrogen) atoms. The SMILES string of the molecule is C1=CC2=CC(N(c3ccccc3)c3ccc(N(c4ccc(N(c5ccccc5)c5ccc6ccccc6c5)cc4)c4ccc(N(c5ccc6ccccc6c5)C5CCCCCC5)cc4)cc3)=CCC2C=C1. The van der Waals surface area contributed by atoms with Crippen molar-refractivity contribution < 1.29 is 0 Å². The number of anilines is 10. The Labute approximate surface area is 419 Å². The van der Waals surface area contributed by atoms with Crippen molar-refractivity contribution in [1.82, 2.24) is 0 Å². The molecule has 4 heteroatoms. The third-order valence-corrected chi connectivity index (χ3v) is 14.7. The van der Waals surface area contributed by atoms with Gasteiger partial charge in [0.25, 0.3) is 0 Å². The van der Waals surface area contributed by atoms with E-state index in [-0.39, 0.29) is 0 Å². The summed E-state index contributed by atoms with van der Waals surface area (Å²) in [5.74, 6) is 0.425. The van der Waals surface area contributed by atoms with Crippen LogP contribution in [0.5, 0.6) is 0 Å². The Hall–Kier alpha value is -8.34. The van der Waals surface area contributed by atoms with Crippen LogP contribution in [0, 0.1) is 5.92 Å². The number of nitrogens with zero attached hydrogens (tertiary/aromatic N) is 4. The molecule has 0 radical (unpaired) electrons. The highest BCUT2D eigenvalue weighted by molar-refractivity contribution is 5.91. The molecule has 0 spiro atoms. The van der Waals surface area contributed by atoms with Gasteiger partial charge in [-0.05, 0) is 174 Å². The second-order valence-corrected chi connectivity index (χ2v) is 19.2. The monoisotopic (exact) mass is 918 g/mol. The first kappa shape index (κ1) is 43.9. The molecular weight excluding hydrogens is 861 g/mol. The molecule has 0 saturated heterocycles. The predicted octanol–water partition coefficient (Wildman–Crippen LogP) is 18.9. The van der Waals surface area contributed by atoms with Gasteiger partial charge in [0, 0.05) is 74.5 Å². The average molecular weight is 919 g/mol. The van der Waals surface area contributed by atoms with Crippen molar-refractivity contribution in [3.63, 3.8) is 0 Å². The van der Waals surface area contributed by atoms with Gasteiger partial charge in [-0.1, -0.05) is 153 Å². The molecule has 9 aromatic carbocycles. The highest BCUT2D eigenvalue weighted by atomic mass is 15.2. The molecule has 346 valence electrons. The van der Waals surface area contributed by atoms with E-state index in [0.717, 1.165) is 51.9 Å². The number of fused-ring (bicyclic) bond motifs is 3. The summed E-state index contributed by atoms with van der Waals surface area (Å²) in [5, 5.41) is 5.00. The van der Waals surface area contributed by atoms with E-state index in [9.17, 15) is 0 Å². The number of benzene rings is 9. The molecule has 1 atom stereocenters. The number of hydrogen-bond donors (Lipinski definition) is 0. The molecule has 1 fully saturated rings. The lowest BCUT2D eigenvalue weighted by molar-refractivity contribution is 0.569. The maximum Gasteiger partial charge on any atom is 0.0468 e. The Morgan fingerprint density at radius 1 is 0.338 bits per heavy atom. The van der Waals surface area contributed by atoms with Crippen LogP contribution in [-0.2, 0) is 0 Å². The lowest BCUT2D eigenvalue weighted by Crippen LogP contribution is -2.30. The molecule has 12 rings (SSSR count). The maximum atomic E-state index is 2.63. The van der Waals surface area contributed by atoms with Crippen molar-refractivity contribution in [2.24, 2.45) is 5.92 Å². The zero-order chi connectivity index (χ0) is 47.3. The van der Waals surface area contributed by atoms with Crippen LogP contribution in [-0.4, -0.2) is 6.04 Å². The molecule has 0 bridgehead atoms. The molecule has 0 amide bonds. The van der Waals surface area contributed by atoms with Crippen LogP contribution in [0.25, 0.3) is 21.5 Å². The summed E-state index contributed by atoms with van der Waals surface area (Å²) in [5.41, 5.74) is 13.9. The molecule has 3 aliphatic rings. The topological polar surface area (TPSA) is 13.0 Å². The highest BCUT2D eigenvalue weighted by Gasteiger charge is 2.25. The van der Waals surface area contributed by atoms with Crippen molar-refractivity contribution >= 4 is 78.4 Å². The lowest BCUT2D eigenvalue weighted by Gasteiger charge is -2.34. The molecular formula is C67H58N4. The molecule has 0 heterocycles. The van der Waals surface area contributed by atoms with Gasteiger partial charge in [-0.25, -0.2) is 0 Å². The molecule has 1 saturated carbocycles. The second kappa shape index (κ2) is 19.9. The van der Waals surface area contributed by atoms with Crippen molar-refractivity contribution in [3.8, 4) is 0 Å². The average Bonchev–Trinajstić information content (AvgIpc) is 3.72. The quantitative estimate of drug-likeness (QED) is 0.113. The van der Waals surface area contributed by atoms with Crippen LogP contribution in [0.15, 0.2) is 266 Å². The van der Waals surface area contributed by atoms with Gasteiger partial charge < -0.3 is 19.6 Å².